The van der Waals surface area contributed by atoms with Crippen LogP contribution in [0.4, 0.5) is 5.69 Å². The minimum atomic E-state index is -0.635. The lowest BCUT2D eigenvalue weighted by Crippen LogP contribution is -2.12. The van der Waals surface area contributed by atoms with E-state index in [-0.39, 0.29) is 38.8 Å². The van der Waals surface area contributed by atoms with E-state index in [0.717, 1.165) is 0 Å². The number of nitrogen functional groups attached to an aromatic ring is 1. The molecular weight excluding hydrogens is 319 g/mol. The number of hydrogen-bond acceptors (Lipinski definition) is 5. The Bertz CT molecular complexity index is 736. The topological polar surface area (TPSA) is 115 Å². The van der Waals surface area contributed by atoms with Gasteiger partial charge >= 0.3 is 5.69 Å². The van der Waals surface area contributed by atoms with E-state index in [4.69, 9.17) is 39.1 Å². The smallest absolute Gasteiger partial charge is 0.313 e. The van der Waals surface area contributed by atoms with Crippen molar-refractivity contribution in [2.45, 2.75) is 0 Å². The number of hydrogen-bond donors (Lipinski definition) is 2. The Kier molecular flexibility index (Phi) is 4.25. The number of nitrogens with two attached hydrogens (primary N) is 1. The van der Waals surface area contributed by atoms with E-state index in [0.29, 0.717) is 0 Å². The summed E-state index contributed by atoms with van der Waals surface area (Å²) in [6, 6.07) is 5.53. The predicted molar refractivity (Wildman–Crippen MR) is 78.4 cm³/mol. The molecule has 2 aromatic rings. The summed E-state index contributed by atoms with van der Waals surface area (Å²) in [5.41, 5.74) is 5.25. The van der Waals surface area contributed by atoms with E-state index in [2.05, 4.69) is 4.98 Å². The van der Waals surface area contributed by atoms with Gasteiger partial charge in [-0.25, -0.2) is 4.98 Å². The van der Waals surface area contributed by atoms with Gasteiger partial charge in [0.1, 0.15) is 10.9 Å². The maximum atomic E-state index is 11.0. The first-order valence-electron chi connectivity index (χ1n) is 5.51. The van der Waals surface area contributed by atoms with E-state index in [1.165, 1.54) is 30.5 Å². The Morgan fingerprint density at radius 2 is 2.10 bits per heavy atom. The molecule has 3 N–H and O–H groups in total. The molecule has 108 valence electrons. The number of nitro groups is 1. The summed E-state index contributed by atoms with van der Waals surface area (Å²) < 4.78 is 5.35. The van der Waals surface area contributed by atoms with Crippen LogP contribution >= 0.6 is 23.2 Å². The monoisotopic (exact) mass is 326 g/mol. The third-order valence-electron chi connectivity index (χ3n) is 2.49. The summed E-state index contributed by atoms with van der Waals surface area (Å²) in [5, 5.41) is 18.4. The molecule has 0 bridgehead atoms. The van der Waals surface area contributed by atoms with Crippen LogP contribution in [0.25, 0.3) is 0 Å². The summed E-state index contributed by atoms with van der Waals surface area (Å²) in [7, 11) is 0. The van der Waals surface area contributed by atoms with E-state index in [1.807, 2.05) is 0 Å². The average Bonchev–Trinajstić information content (AvgIpc) is 2.42. The highest BCUT2D eigenvalue weighted by molar-refractivity contribution is 6.35. The second-order valence-electron chi connectivity index (χ2n) is 3.84. The second kappa shape index (κ2) is 5.94. The SMILES string of the molecule is N=C(N)c1ccnc(Oc2c(Cl)cccc2[N+](=O)[O-])c1Cl. The Morgan fingerprint density at radius 3 is 2.71 bits per heavy atom. The van der Waals surface area contributed by atoms with Gasteiger partial charge in [-0.05, 0) is 12.1 Å². The summed E-state index contributed by atoms with van der Waals surface area (Å²) >= 11 is 11.9. The van der Waals surface area contributed by atoms with Crippen LogP contribution in [0.1, 0.15) is 5.56 Å². The van der Waals surface area contributed by atoms with Crippen molar-refractivity contribution in [2.75, 3.05) is 0 Å². The van der Waals surface area contributed by atoms with Gasteiger partial charge < -0.3 is 10.5 Å². The first kappa shape index (κ1) is 15.0. The zero-order valence-electron chi connectivity index (χ0n) is 10.3. The third kappa shape index (κ3) is 3.04. The van der Waals surface area contributed by atoms with Crippen molar-refractivity contribution in [1.29, 1.82) is 5.41 Å². The first-order valence-corrected chi connectivity index (χ1v) is 6.27. The Hall–Kier alpha value is -2.38. The number of nitrogens with one attached hydrogen (secondary N) is 1. The third-order valence-corrected chi connectivity index (χ3v) is 3.15. The zero-order chi connectivity index (χ0) is 15.6. The maximum absolute atomic E-state index is 11.0. The van der Waals surface area contributed by atoms with Crippen LogP contribution in [0.15, 0.2) is 30.5 Å². The highest BCUT2D eigenvalue weighted by Crippen LogP contribution is 2.39. The molecule has 0 saturated heterocycles. The summed E-state index contributed by atoms with van der Waals surface area (Å²) in [6.07, 6.45) is 1.32. The molecule has 1 heterocycles. The molecule has 1 aromatic carbocycles. The van der Waals surface area contributed by atoms with Crippen molar-refractivity contribution in [1.82, 2.24) is 4.98 Å². The molecular formula is C12H8Cl2N4O3. The fourth-order valence-corrected chi connectivity index (χ4v) is 2.00. The van der Waals surface area contributed by atoms with Gasteiger partial charge in [0.05, 0.1) is 9.95 Å². The van der Waals surface area contributed by atoms with Crippen molar-refractivity contribution in [3.8, 4) is 11.6 Å². The second-order valence-corrected chi connectivity index (χ2v) is 4.62. The van der Waals surface area contributed by atoms with Crippen molar-refractivity contribution >= 4 is 34.7 Å². The molecule has 9 heteroatoms. The lowest BCUT2D eigenvalue weighted by Gasteiger charge is -2.10. The number of rotatable bonds is 4. The van der Waals surface area contributed by atoms with E-state index in [1.54, 1.807) is 0 Å². The molecule has 0 spiro atoms. The Labute approximate surface area is 128 Å². The van der Waals surface area contributed by atoms with Gasteiger partial charge in [0.15, 0.2) is 0 Å². The highest BCUT2D eigenvalue weighted by atomic mass is 35.5. The van der Waals surface area contributed by atoms with Gasteiger partial charge in [-0.3, -0.25) is 15.5 Å². The molecule has 0 radical (unpaired) electrons. The number of pyridine rings is 1. The van der Waals surface area contributed by atoms with Crippen molar-refractivity contribution < 1.29 is 9.66 Å². The zero-order valence-corrected chi connectivity index (χ0v) is 11.9. The van der Waals surface area contributed by atoms with Crippen molar-refractivity contribution in [2.24, 2.45) is 5.73 Å². The van der Waals surface area contributed by atoms with Crippen LogP contribution in [0.3, 0.4) is 0 Å². The molecule has 2 rings (SSSR count). The summed E-state index contributed by atoms with van der Waals surface area (Å²) in [6.45, 7) is 0. The van der Waals surface area contributed by atoms with E-state index < -0.39 is 4.92 Å². The molecule has 0 aliphatic carbocycles. The largest absolute Gasteiger partial charge is 0.429 e. The predicted octanol–water partition coefficient (Wildman–Crippen LogP) is 3.37. The van der Waals surface area contributed by atoms with Crippen LogP contribution in [0, 0.1) is 15.5 Å². The number of amidine groups is 1. The normalized spacial score (nSPS) is 10.2. The molecule has 0 aliphatic rings. The number of ether oxygens (including phenoxy) is 1. The van der Waals surface area contributed by atoms with Crippen LogP contribution in [0.5, 0.6) is 11.6 Å². The number of para-hydroxylation sites is 1. The van der Waals surface area contributed by atoms with Crippen LogP contribution < -0.4 is 10.5 Å². The van der Waals surface area contributed by atoms with Gasteiger partial charge in [0, 0.05) is 17.8 Å². The lowest BCUT2D eigenvalue weighted by atomic mass is 10.2. The maximum Gasteiger partial charge on any atom is 0.313 e. The van der Waals surface area contributed by atoms with Crippen LogP contribution in [-0.4, -0.2) is 15.7 Å². The Balaban J connectivity index is 2.51. The highest BCUT2D eigenvalue weighted by Gasteiger charge is 2.21. The summed E-state index contributed by atoms with van der Waals surface area (Å²) in [4.78, 5) is 14.2. The van der Waals surface area contributed by atoms with Crippen LogP contribution in [-0.2, 0) is 0 Å². The standard InChI is InChI=1S/C12H8Cl2N4O3/c13-7-2-1-3-8(18(19)20)10(7)21-12-9(14)6(11(15)16)4-5-17-12/h1-5H,(H3,15,16). The van der Waals surface area contributed by atoms with Gasteiger partial charge in [0.2, 0.25) is 11.6 Å². The molecule has 0 saturated carbocycles. The number of nitrogens with zero attached hydrogens (tertiary/aromatic N) is 2. The molecule has 21 heavy (non-hydrogen) atoms. The minimum absolute atomic E-state index is 0.0285. The van der Waals surface area contributed by atoms with E-state index >= 15 is 0 Å². The van der Waals surface area contributed by atoms with Gasteiger partial charge in [-0.2, -0.15) is 0 Å². The molecule has 7 nitrogen and oxygen atoms in total. The fraction of sp³-hybridized carbons (Fsp3) is 0. The number of benzene rings is 1. The molecule has 0 amide bonds. The number of aromatic nitrogens is 1. The molecule has 0 unspecified atom stereocenters. The number of nitro benzene ring substituents is 1. The van der Waals surface area contributed by atoms with Gasteiger partial charge in [0.25, 0.3) is 0 Å². The first-order chi connectivity index (χ1) is 9.91. The van der Waals surface area contributed by atoms with Crippen molar-refractivity contribution in [3.63, 3.8) is 0 Å². The fourth-order valence-electron chi connectivity index (χ4n) is 1.54. The number of halogens is 2. The average molecular weight is 327 g/mol. The van der Waals surface area contributed by atoms with Gasteiger partial charge in [-0.15, -0.1) is 0 Å². The minimum Gasteiger partial charge on any atom is -0.429 e. The van der Waals surface area contributed by atoms with Crippen LogP contribution in [0.2, 0.25) is 10.0 Å². The molecule has 0 atom stereocenters. The van der Waals surface area contributed by atoms with Crippen molar-refractivity contribution in [3.05, 3.63) is 56.2 Å². The molecule has 1 aromatic heterocycles. The van der Waals surface area contributed by atoms with Gasteiger partial charge in [-0.1, -0.05) is 29.3 Å². The molecule has 0 aliphatic heterocycles. The Morgan fingerprint density at radius 1 is 1.38 bits per heavy atom. The van der Waals surface area contributed by atoms with E-state index in [9.17, 15) is 10.1 Å². The quantitative estimate of drug-likeness (QED) is 0.386. The lowest BCUT2D eigenvalue weighted by molar-refractivity contribution is -0.385. The molecule has 0 fully saturated rings. The summed E-state index contributed by atoms with van der Waals surface area (Å²) in [5.74, 6) is -0.583.